The van der Waals surface area contributed by atoms with Crippen LogP contribution in [-0.2, 0) is 6.54 Å². The van der Waals surface area contributed by atoms with E-state index < -0.39 is 0 Å². The van der Waals surface area contributed by atoms with Crippen LogP contribution in [0.4, 0.5) is 10.1 Å². The van der Waals surface area contributed by atoms with Gasteiger partial charge in [0.2, 0.25) is 0 Å². The molecule has 0 bridgehead atoms. The van der Waals surface area contributed by atoms with Crippen molar-refractivity contribution in [3.8, 4) is 0 Å². The molecule has 0 saturated carbocycles. The number of thiazole rings is 1. The molecule has 0 fully saturated rings. The average molecular weight is 318 g/mol. The van der Waals surface area contributed by atoms with E-state index in [1.165, 1.54) is 6.07 Å². The Bertz CT molecular complexity index is 783. The van der Waals surface area contributed by atoms with Crippen molar-refractivity contribution < 1.29 is 4.39 Å². The lowest BCUT2D eigenvalue weighted by Gasteiger charge is -2.08. The number of halogens is 1. The normalized spacial score (nSPS) is 11.0. The summed E-state index contributed by atoms with van der Waals surface area (Å²) in [5.41, 5.74) is 3.75. The summed E-state index contributed by atoms with van der Waals surface area (Å²) >= 11 is 3.33. The first-order valence-corrected chi connectivity index (χ1v) is 8.63. The lowest BCUT2D eigenvalue weighted by atomic mass is 10.1. The fourth-order valence-corrected chi connectivity index (χ4v) is 3.67. The molecule has 0 radical (unpaired) electrons. The standard InChI is InChI=1S/C16H15FN2S2/c1-10-3-5-13(17)11(7-10)9-18-12-4-6-14-15(8-12)21-16(19-14)20-2/h3-8,18H,9H2,1-2H3. The molecule has 2 aromatic carbocycles. The fourth-order valence-electron chi connectivity index (χ4n) is 2.14. The second-order valence-corrected chi connectivity index (χ2v) is 6.90. The van der Waals surface area contributed by atoms with Gasteiger partial charge in [-0.25, -0.2) is 9.37 Å². The predicted molar refractivity (Wildman–Crippen MR) is 89.9 cm³/mol. The van der Waals surface area contributed by atoms with Gasteiger partial charge in [-0.15, -0.1) is 11.3 Å². The van der Waals surface area contributed by atoms with E-state index in [4.69, 9.17) is 0 Å². The molecule has 2 nitrogen and oxygen atoms in total. The van der Waals surface area contributed by atoms with Gasteiger partial charge >= 0.3 is 0 Å². The largest absolute Gasteiger partial charge is 0.381 e. The van der Waals surface area contributed by atoms with E-state index in [1.807, 2.05) is 31.4 Å². The van der Waals surface area contributed by atoms with Gasteiger partial charge in [-0.2, -0.15) is 0 Å². The van der Waals surface area contributed by atoms with Crippen molar-refractivity contribution in [2.24, 2.45) is 0 Å². The smallest absolute Gasteiger partial charge is 0.150 e. The lowest BCUT2D eigenvalue weighted by Crippen LogP contribution is -2.02. The van der Waals surface area contributed by atoms with Gasteiger partial charge in [-0.1, -0.05) is 29.5 Å². The quantitative estimate of drug-likeness (QED) is 0.679. The number of nitrogens with zero attached hydrogens (tertiary/aromatic N) is 1. The molecule has 1 heterocycles. The van der Waals surface area contributed by atoms with Crippen LogP contribution in [0.25, 0.3) is 10.2 Å². The third kappa shape index (κ3) is 3.19. The Labute approximate surface area is 131 Å². The number of fused-ring (bicyclic) bond motifs is 1. The third-order valence-electron chi connectivity index (χ3n) is 3.23. The number of aromatic nitrogens is 1. The van der Waals surface area contributed by atoms with Crippen molar-refractivity contribution in [2.75, 3.05) is 11.6 Å². The molecule has 21 heavy (non-hydrogen) atoms. The van der Waals surface area contributed by atoms with Gasteiger partial charge < -0.3 is 5.32 Å². The van der Waals surface area contributed by atoms with E-state index in [-0.39, 0.29) is 5.82 Å². The van der Waals surface area contributed by atoms with E-state index in [2.05, 4.69) is 16.4 Å². The SMILES string of the molecule is CSc1nc2ccc(NCc3cc(C)ccc3F)cc2s1. The molecule has 3 rings (SSSR count). The molecule has 108 valence electrons. The Morgan fingerprint density at radius 1 is 1.24 bits per heavy atom. The molecular formula is C16H15FN2S2. The summed E-state index contributed by atoms with van der Waals surface area (Å²) in [7, 11) is 0. The highest BCUT2D eigenvalue weighted by molar-refractivity contribution is 8.00. The van der Waals surface area contributed by atoms with E-state index in [0.29, 0.717) is 12.1 Å². The molecule has 0 aliphatic carbocycles. The van der Waals surface area contributed by atoms with Crippen molar-refractivity contribution >= 4 is 39.0 Å². The van der Waals surface area contributed by atoms with Gasteiger partial charge in [0.15, 0.2) is 4.34 Å². The monoisotopic (exact) mass is 318 g/mol. The number of hydrogen-bond acceptors (Lipinski definition) is 4. The maximum atomic E-state index is 13.7. The average Bonchev–Trinajstić information content (AvgIpc) is 2.90. The number of nitrogens with one attached hydrogen (secondary N) is 1. The highest BCUT2D eigenvalue weighted by Gasteiger charge is 2.05. The second-order valence-electron chi connectivity index (χ2n) is 4.81. The molecule has 3 aromatic rings. The van der Waals surface area contributed by atoms with Gasteiger partial charge in [0.05, 0.1) is 10.2 Å². The first-order valence-electron chi connectivity index (χ1n) is 6.59. The highest BCUT2D eigenvalue weighted by Crippen LogP contribution is 2.30. The van der Waals surface area contributed by atoms with Gasteiger partial charge in [0, 0.05) is 17.8 Å². The molecule has 1 N–H and O–H groups in total. The summed E-state index contributed by atoms with van der Waals surface area (Å²) in [6.07, 6.45) is 2.03. The van der Waals surface area contributed by atoms with Crippen molar-refractivity contribution in [1.29, 1.82) is 0 Å². The minimum absolute atomic E-state index is 0.170. The van der Waals surface area contributed by atoms with Crippen LogP contribution in [0.3, 0.4) is 0 Å². The van der Waals surface area contributed by atoms with Crippen LogP contribution in [0.5, 0.6) is 0 Å². The van der Waals surface area contributed by atoms with E-state index in [0.717, 1.165) is 25.8 Å². The Kier molecular flexibility index (Phi) is 4.12. The summed E-state index contributed by atoms with van der Waals surface area (Å²) in [6, 6.07) is 11.2. The van der Waals surface area contributed by atoms with E-state index in [9.17, 15) is 4.39 Å². The zero-order chi connectivity index (χ0) is 14.8. The van der Waals surface area contributed by atoms with Crippen LogP contribution in [-0.4, -0.2) is 11.2 Å². The minimum atomic E-state index is -0.170. The van der Waals surface area contributed by atoms with Crippen molar-refractivity contribution in [3.05, 3.63) is 53.3 Å². The van der Waals surface area contributed by atoms with Crippen molar-refractivity contribution in [3.63, 3.8) is 0 Å². The van der Waals surface area contributed by atoms with E-state index in [1.54, 1.807) is 29.2 Å². The molecule has 0 aliphatic heterocycles. The topological polar surface area (TPSA) is 24.9 Å². The first kappa shape index (κ1) is 14.4. The number of anilines is 1. The highest BCUT2D eigenvalue weighted by atomic mass is 32.2. The Balaban J connectivity index is 1.80. The number of thioether (sulfide) groups is 1. The lowest BCUT2D eigenvalue weighted by molar-refractivity contribution is 0.612. The fraction of sp³-hybridized carbons (Fsp3) is 0.188. The van der Waals surface area contributed by atoms with E-state index >= 15 is 0 Å². The van der Waals surface area contributed by atoms with Crippen LogP contribution in [0.2, 0.25) is 0 Å². The van der Waals surface area contributed by atoms with Crippen LogP contribution in [0.15, 0.2) is 40.7 Å². The number of hydrogen-bond donors (Lipinski definition) is 1. The molecule has 1 aromatic heterocycles. The number of rotatable bonds is 4. The maximum Gasteiger partial charge on any atom is 0.150 e. The molecule has 0 atom stereocenters. The number of benzene rings is 2. The van der Waals surface area contributed by atoms with Gasteiger partial charge in [0.25, 0.3) is 0 Å². The summed E-state index contributed by atoms with van der Waals surface area (Å²) in [6.45, 7) is 2.45. The van der Waals surface area contributed by atoms with Crippen molar-refractivity contribution in [1.82, 2.24) is 4.98 Å². The van der Waals surface area contributed by atoms with Crippen LogP contribution in [0.1, 0.15) is 11.1 Å². The summed E-state index contributed by atoms with van der Waals surface area (Å²) in [5, 5.41) is 3.28. The Morgan fingerprint density at radius 3 is 2.90 bits per heavy atom. The second kappa shape index (κ2) is 6.03. The number of aryl methyl sites for hydroxylation is 1. The zero-order valence-corrected chi connectivity index (χ0v) is 13.4. The Hall–Kier alpha value is -1.59. The van der Waals surface area contributed by atoms with Crippen LogP contribution < -0.4 is 5.32 Å². The molecule has 0 spiro atoms. The molecule has 0 saturated heterocycles. The summed E-state index contributed by atoms with van der Waals surface area (Å²) < 4.78 is 15.9. The molecule has 0 unspecified atom stereocenters. The van der Waals surface area contributed by atoms with Gasteiger partial charge in [0.1, 0.15) is 5.82 Å². The van der Waals surface area contributed by atoms with Crippen molar-refractivity contribution in [2.45, 2.75) is 17.8 Å². The van der Waals surface area contributed by atoms with Crippen LogP contribution >= 0.6 is 23.1 Å². The van der Waals surface area contributed by atoms with Gasteiger partial charge in [-0.05, 0) is 37.4 Å². The molecular weight excluding hydrogens is 303 g/mol. The minimum Gasteiger partial charge on any atom is -0.381 e. The third-order valence-corrected chi connectivity index (χ3v) is 5.23. The first-order chi connectivity index (χ1) is 10.2. The van der Waals surface area contributed by atoms with Gasteiger partial charge in [-0.3, -0.25) is 0 Å². The summed E-state index contributed by atoms with van der Waals surface area (Å²) in [4.78, 5) is 4.51. The zero-order valence-electron chi connectivity index (χ0n) is 11.8. The molecule has 5 heteroatoms. The Morgan fingerprint density at radius 2 is 2.10 bits per heavy atom. The maximum absolute atomic E-state index is 13.7. The predicted octanol–water partition coefficient (Wildman–Crippen LogP) is 5.08. The molecule has 0 aliphatic rings. The summed E-state index contributed by atoms with van der Waals surface area (Å²) in [5.74, 6) is -0.170. The molecule has 0 amide bonds. The van der Waals surface area contributed by atoms with Crippen LogP contribution in [0, 0.1) is 12.7 Å².